The molecule has 0 spiro atoms. The molecule has 0 fully saturated rings. The van der Waals surface area contributed by atoms with Crippen LogP contribution in [-0.4, -0.2) is 111 Å². The normalized spacial score (nSPS) is 13.4. The van der Waals surface area contributed by atoms with Crippen LogP contribution in [0.2, 0.25) is 0 Å². The van der Waals surface area contributed by atoms with E-state index in [2.05, 4.69) is 25.5 Å². The lowest BCUT2D eigenvalue weighted by Crippen LogP contribution is -2.46. The summed E-state index contributed by atoms with van der Waals surface area (Å²) >= 11 is 0. The largest absolute Gasteiger partial charge is 0.461 e. The molecule has 7 N–H and O–H groups in total. The molecule has 394 valence electrons. The third-order valence-corrected chi connectivity index (χ3v) is 12.4. The molecule has 2 aromatic carbocycles. The lowest BCUT2D eigenvalue weighted by atomic mass is 9.88. The fourth-order valence-corrected chi connectivity index (χ4v) is 8.45. The van der Waals surface area contributed by atoms with Crippen molar-refractivity contribution in [1.82, 2.24) is 35.4 Å². The number of imidazole rings is 1. The summed E-state index contributed by atoms with van der Waals surface area (Å²) in [7, 11) is 0. The minimum Gasteiger partial charge on any atom is -0.461 e. The van der Waals surface area contributed by atoms with Gasteiger partial charge in [0.25, 0.3) is 11.8 Å². The number of imide groups is 1. The number of nitrogens with zero attached hydrogens (tertiary/aromatic N) is 4. The number of unbranched alkanes of at least 4 members (excludes halogenated alkanes) is 2. The Morgan fingerprint density at radius 2 is 1.53 bits per heavy atom. The molecule has 6 amide bonds. The maximum atomic E-state index is 13.7. The first-order chi connectivity index (χ1) is 34.8. The molecule has 0 saturated carbocycles. The molecule has 20 nitrogen and oxygen atoms in total. The van der Waals surface area contributed by atoms with Crippen LogP contribution in [0.4, 0.5) is 10.6 Å². The van der Waals surface area contributed by atoms with E-state index < -0.39 is 35.5 Å². The van der Waals surface area contributed by atoms with E-state index in [4.69, 9.17) is 30.7 Å². The first kappa shape index (κ1) is 56.8. The zero-order chi connectivity index (χ0) is 53.1. The molecule has 0 radical (unpaired) electrons. The van der Waals surface area contributed by atoms with Gasteiger partial charge in [-0.25, -0.2) is 14.8 Å². The number of para-hydroxylation sites is 1. The average Bonchev–Trinajstić information content (AvgIpc) is 3.87. The van der Waals surface area contributed by atoms with E-state index in [9.17, 15) is 38.4 Å². The third kappa shape index (κ3) is 17.6. The van der Waals surface area contributed by atoms with Crippen LogP contribution >= 0.6 is 0 Å². The highest BCUT2D eigenvalue weighted by Gasteiger charge is 2.30. The molecule has 4 aromatic rings. The maximum Gasteiger partial charge on any atom is 0.312 e. The molecule has 3 heterocycles. The minimum absolute atomic E-state index is 0.00770. The van der Waals surface area contributed by atoms with Crippen molar-refractivity contribution in [3.8, 4) is 0 Å². The predicted octanol–water partition coefficient (Wildman–Crippen LogP) is 4.90. The van der Waals surface area contributed by atoms with Crippen LogP contribution in [0.3, 0.4) is 0 Å². The van der Waals surface area contributed by atoms with Crippen molar-refractivity contribution in [1.29, 1.82) is 0 Å². The van der Waals surface area contributed by atoms with E-state index in [1.54, 1.807) is 24.3 Å². The first-order valence-electron chi connectivity index (χ1n) is 25.0. The summed E-state index contributed by atoms with van der Waals surface area (Å²) in [5.74, 6) is -2.24. The molecule has 0 aliphatic carbocycles. The lowest BCUT2D eigenvalue weighted by molar-refractivity contribution is -0.146. The minimum atomic E-state index is -0.907. The van der Waals surface area contributed by atoms with E-state index >= 15 is 0 Å². The van der Waals surface area contributed by atoms with Crippen LogP contribution < -0.4 is 27.4 Å². The van der Waals surface area contributed by atoms with E-state index in [-0.39, 0.29) is 113 Å². The fraction of sp³-hybridized carbons (Fsp3) is 0.509. The van der Waals surface area contributed by atoms with Gasteiger partial charge in [0.15, 0.2) is 11.6 Å². The Morgan fingerprint density at radius 3 is 2.23 bits per heavy atom. The summed E-state index contributed by atoms with van der Waals surface area (Å²) in [6.07, 6.45) is 4.76. The zero-order valence-corrected chi connectivity index (χ0v) is 42.7. The number of nitrogen functional groups attached to an aromatic ring is 1. The average molecular weight is 1010 g/mol. The number of aromatic nitrogens is 3. The van der Waals surface area contributed by atoms with Gasteiger partial charge in [0.05, 0.1) is 42.2 Å². The SMILES string of the molecule is CCOCc1nc2c(N)nc3ccccc3c2n1CC(C)(C)OCCNC(=O)CCC(=O)OCc1ccc(CC(=O)[C@H](CCCNC(N)=O)NC(=O)[C@@H](CC(=O)CCCCCN2C(=O)C=CC2=O)C(C)C)cc1. The molecule has 0 bridgehead atoms. The number of ketones is 2. The van der Waals surface area contributed by atoms with Crippen molar-refractivity contribution in [2.75, 3.05) is 38.6 Å². The summed E-state index contributed by atoms with van der Waals surface area (Å²) in [6.45, 7) is 11.6. The van der Waals surface area contributed by atoms with Crippen LogP contribution in [0.15, 0.2) is 60.7 Å². The molecule has 0 saturated heterocycles. The molecule has 2 atom stereocenters. The highest BCUT2D eigenvalue weighted by atomic mass is 16.5. The molecular formula is C53H71N9O11. The Balaban J connectivity index is 1.03. The van der Waals surface area contributed by atoms with Gasteiger partial charge in [-0.05, 0) is 69.6 Å². The number of amides is 6. The standard InChI is InChI=1S/C53H71N9O11/c1-6-71-32-43-60-48-49(38-14-9-10-15-40(38)58-50(48)54)62(43)33-53(4,5)73-28-26-56-44(65)21-24-47(68)72-31-36-19-17-35(18-20-36)29-42(64)41(16-12-25-57-52(55)70)59-51(69)39(34(2)3)30-37(63)13-8-7-11-27-61-45(66)22-23-46(61)67/h9-10,14-15,17-20,22-23,34,39,41H,6-8,11-13,16,21,24-33H2,1-5H3,(H2,54,58)(H,56,65)(H,59,69)(H3,55,57,70)/t39-,41-/m0/s1. The van der Waals surface area contributed by atoms with Gasteiger partial charge in [-0.2, -0.15) is 0 Å². The molecule has 0 unspecified atom stereocenters. The van der Waals surface area contributed by atoms with Crippen LogP contribution in [-0.2, 0) is 74.0 Å². The van der Waals surface area contributed by atoms with Gasteiger partial charge in [-0.1, -0.05) is 62.7 Å². The predicted molar refractivity (Wildman–Crippen MR) is 273 cm³/mol. The number of carbonyl (C=O) groups excluding carboxylic acids is 8. The molecule has 1 aliphatic rings. The number of primary amides is 1. The molecule has 20 heteroatoms. The Hall–Kier alpha value is -7.06. The number of rotatable bonds is 32. The smallest absolute Gasteiger partial charge is 0.312 e. The molecular weight excluding hydrogens is 939 g/mol. The van der Waals surface area contributed by atoms with Crippen molar-refractivity contribution < 1.29 is 52.6 Å². The fourth-order valence-electron chi connectivity index (χ4n) is 8.45. The molecule has 2 aromatic heterocycles. The topological polar surface area (TPSA) is 286 Å². The van der Waals surface area contributed by atoms with Crippen LogP contribution in [0.25, 0.3) is 21.9 Å². The van der Waals surface area contributed by atoms with E-state index in [0.29, 0.717) is 67.1 Å². The van der Waals surface area contributed by atoms with Crippen LogP contribution in [0.5, 0.6) is 0 Å². The van der Waals surface area contributed by atoms with Crippen molar-refractivity contribution in [3.05, 3.63) is 77.6 Å². The Labute approximate surface area is 425 Å². The van der Waals surface area contributed by atoms with Gasteiger partial charge in [0, 0.05) is 75.4 Å². The molecule has 1 aliphatic heterocycles. The van der Waals surface area contributed by atoms with Gasteiger partial charge >= 0.3 is 12.0 Å². The van der Waals surface area contributed by atoms with Gasteiger partial charge in [0.1, 0.15) is 30.3 Å². The lowest BCUT2D eigenvalue weighted by Gasteiger charge is -2.27. The van der Waals surface area contributed by atoms with Crippen molar-refractivity contribution in [3.63, 3.8) is 0 Å². The van der Waals surface area contributed by atoms with Gasteiger partial charge < -0.3 is 46.2 Å². The summed E-state index contributed by atoms with van der Waals surface area (Å²) in [5, 5.41) is 9.07. The Bertz CT molecular complexity index is 2610. The van der Waals surface area contributed by atoms with Gasteiger partial charge in [0.2, 0.25) is 11.8 Å². The van der Waals surface area contributed by atoms with Gasteiger partial charge in [-0.15, -0.1) is 0 Å². The van der Waals surface area contributed by atoms with Gasteiger partial charge in [-0.3, -0.25) is 38.5 Å². The number of urea groups is 1. The maximum absolute atomic E-state index is 13.7. The monoisotopic (exact) mass is 1010 g/mol. The second kappa shape index (κ2) is 27.7. The number of benzene rings is 2. The molecule has 73 heavy (non-hydrogen) atoms. The number of hydrogen-bond donors (Lipinski definition) is 5. The number of nitrogens with two attached hydrogens (primary N) is 2. The number of esters is 1. The van der Waals surface area contributed by atoms with Crippen LogP contribution in [0.1, 0.15) is 109 Å². The van der Waals surface area contributed by atoms with E-state index in [0.717, 1.165) is 21.3 Å². The first-order valence-corrected chi connectivity index (χ1v) is 25.0. The second-order valence-corrected chi connectivity index (χ2v) is 19.1. The number of nitrogens with one attached hydrogen (secondary N) is 3. The van der Waals surface area contributed by atoms with E-state index in [1.165, 1.54) is 12.2 Å². The summed E-state index contributed by atoms with van der Waals surface area (Å²) in [6, 6.07) is 13.0. The third-order valence-electron chi connectivity index (χ3n) is 12.4. The van der Waals surface area contributed by atoms with Crippen molar-refractivity contribution in [2.45, 2.75) is 130 Å². The molecule has 5 rings (SSSR count). The number of anilines is 1. The number of Topliss-reactive ketones (excluding diaryl/α,β-unsaturated/α-hetero) is 2. The number of carbonyl (C=O) groups is 8. The Kier molecular flexibility index (Phi) is 21.6. The van der Waals surface area contributed by atoms with Crippen molar-refractivity contribution in [2.24, 2.45) is 17.6 Å². The number of fused-ring (bicyclic) bond motifs is 3. The van der Waals surface area contributed by atoms with E-state index in [1.807, 2.05) is 58.9 Å². The highest BCUT2D eigenvalue weighted by Crippen LogP contribution is 2.31. The summed E-state index contributed by atoms with van der Waals surface area (Å²) in [5.41, 5.74) is 14.4. The van der Waals surface area contributed by atoms with Crippen LogP contribution in [0, 0.1) is 11.8 Å². The number of ether oxygens (including phenoxy) is 3. The summed E-state index contributed by atoms with van der Waals surface area (Å²) < 4.78 is 19.4. The second-order valence-electron chi connectivity index (χ2n) is 19.1. The quantitative estimate of drug-likeness (QED) is 0.0247. The Morgan fingerprint density at radius 1 is 0.822 bits per heavy atom. The number of pyridine rings is 1. The zero-order valence-electron chi connectivity index (χ0n) is 42.7. The highest BCUT2D eigenvalue weighted by molar-refractivity contribution is 6.13. The summed E-state index contributed by atoms with van der Waals surface area (Å²) in [4.78, 5) is 111. The van der Waals surface area contributed by atoms with Crippen molar-refractivity contribution >= 4 is 74.9 Å². The number of hydrogen-bond acceptors (Lipinski definition) is 14.